The molecule has 0 saturated carbocycles. The van der Waals surface area contributed by atoms with Crippen LogP contribution in [-0.4, -0.2) is 27.2 Å². The summed E-state index contributed by atoms with van der Waals surface area (Å²) in [5.41, 5.74) is 0.0431. The van der Waals surface area contributed by atoms with Crippen LogP contribution in [-0.2, 0) is 0 Å². The average molecular weight is 246 g/mol. The molecule has 2 aromatic rings. The topological polar surface area (TPSA) is 64.4 Å². The number of carbonyl (C=O) groups is 1. The number of nitrogens with zero attached hydrogens (tertiary/aromatic N) is 2. The number of aromatic carboxylic acids is 1. The van der Waals surface area contributed by atoms with Gasteiger partial charge in [-0.3, -0.25) is 0 Å². The van der Waals surface area contributed by atoms with Gasteiger partial charge in [-0.15, -0.1) is 0 Å². The van der Waals surface area contributed by atoms with E-state index in [9.17, 15) is 4.79 Å². The second-order valence-corrected chi connectivity index (χ2v) is 3.98. The fourth-order valence-electron chi connectivity index (χ4n) is 1.51. The van der Waals surface area contributed by atoms with Crippen molar-refractivity contribution in [2.45, 2.75) is 13.0 Å². The van der Waals surface area contributed by atoms with Crippen molar-refractivity contribution in [3.05, 3.63) is 48.5 Å². The molecular formula is C13H14N2O3. The summed E-state index contributed by atoms with van der Waals surface area (Å²) >= 11 is 0. The van der Waals surface area contributed by atoms with Gasteiger partial charge in [0.1, 0.15) is 12.4 Å². The molecule has 1 N–H and O–H groups in total. The number of rotatable bonds is 5. The second kappa shape index (κ2) is 5.35. The van der Waals surface area contributed by atoms with Gasteiger partial charge in [-0.1, -0.05) is 18.2 Å². The zero-order valence-electron chi connectivity index (χ0n) is 9.98. The Bertz CT molecular complexity index is 522. The van der Waals surface area contributed by atoms with Gasteiger partial charge in [-0.25, -0.2) is 9.78 Å². The van der Waals surface area contributed by atoms with Gasteiger partial charge in [0, 0.05) is 6.20 Å². The maximum Gasteiger partial charge on any atom is 0.356 e. The number of carboxylic acid groups (broad SMARTS) is 1. The maximum absolute atomic E-state index is 10.7. The van der Waals surface area contributed by atoms with Crippen molar-refractivity contribution in [3.63, 3.8) is 0 Å². The summed E-state index contributed by atoms with van der Waals surface area (Å²) in [6.07, 6.45) is 3.00. The van der Waals surface area contributed by atoms with Crippen molar-refractivity contribution < 1.29 is 14.6 Å². The Morgan fingerprint density at radius 2 is 2.17 bits per heavy atom. The van der Waals surface area contributed by atoms with E-state index in [1.165, 1.54) is 12.5 Å². The largest absolute Gasteiger partial charge is 0.491 e. The number of carboxylic acids is 1. The first-order valence-electron chi connectivity index (χ1n) is 5.61. The van der Waals surface area contributed by atoms with Crippen LogP contribution in [0.1, 0.15) is 23.5 Å². The van der Waals surface area contributed by atoms with Crippen LogP contribution in [0.25, 0.3) is 0 Å². The molecule has 0 saturated heterocycles. The highest BCUT2D eigenvalue weighted by atomic mass is 16.5. The molecule has 0 aliphatic heterocycles. The highest BCUT2D eigenvalue weighted by Gasteiger charge is 2.11. The molecule has 1 heterocycles. The van der Waals surface area contributed by atoms with E-state index in [0.29, 0.717) is 6.61 Å². The molecule has 18 heavy (non-hydrogen) atoms. The minimum absolute atomic E-state index is 0.0193. The van der Waals surface area contributed by atoms with Crippen molar-refractivity contribution in [3.8, 4) is 5.75 Å². The molecule has 0 amide bonds. The number of hydrogen-bond donors (Lipinski definition) is 1. The van der Waals surface area contributed by atoms with Crippen LogP contribution < -0.4 is 4.74 Å². The zero-order valence-corrected chi connectivity index (χ0v) is 9.98. The van der Waals surface area contributed by atoms with Crippen LogP contribution in [0.15, 0.2) is 42.9 Å². The average Bonchev–Trinajstić information content (AvgIpc) is 2.87. The number of ether oxygens (including phenoxy) is 1. The number of benzene rings is 1. The third-order valence-corrected chi connectivity index (χ3v) is 2.56. The lowest BCUT2D eigenvalue weighted by Crippen LogP contribution is -2.12. The third-order valence-electron chi connectivity index (χ3n) is 2.56. The fraction of sp³-hybridized carbons (Fsp3) is 0.231. The molecule has 0 aliphatic rings. The number of imidazole rings is 1. The summed E-state index contributed by atoms with van der Waals surface area (Å²) < 4.78 is 7.32. The summed E-state index contributed by atoms with van der Waals surface area (Å²) in [5.74, 6) is -0.229. The molecule has 0 spiro atoms. The number of para-hydroxylation sites is 1. The predicted octanol–water partition coefficient (Wildman–Crippen LogP) is 2.22. The van der Waals surface area contributed by atoms with E-state index in [4.69, 9.17) is 9.84 Å². The maximum atomic E-state index is 10.7. The number of aromatic nitrogens is 2. The quantitative estimate of drug-likeness (QED) is 0.878. The zero-order chi connectivity index (χ0) is 13.0. The van der Waals surface area contributed by atoms with Crippen molar-refractivity contribution in [2.24, 2.45) is 0 Å². The number of hydrogen-bond acceptors (Lipinski definition) is 3. The second-order valence-electron chi connectivity index (χ2n) is 3.98. The Balaban J connectivity index is 1.95. The van der Waals surface area contributed by atoms with Gasteiger partial charge in [0.15, 0.2) is 5.69 Å². The van der Waals surface area contributed by atoms with Gasteiger partial charge in [0.05, 0.1) is 12.4 Å². The molecular weight excluding hydrogens is 232 g/mol. The van der Waals surface area contributed by atoms with Crippen LogP contribution in [0.2, 0.25) is 0 Å². The SMILES string of the molecule is CC(COc1ccccc1)n1cnc(C(=O)O)c1. The lowest BCUT2D eigenvalue weighted by Gasteiger charge is -2.14. The van der Waals surface area contributed by atoms with Crippen molar-refractivity contribution >= 4 is 5.97 Å². The molecule has 0 aliphatic carbocycles. The lowest BCUT2D eigenvalue weighted by molar-refractivity contribution is 0.0691. The van der Waals surface area contributed by atoms with Crippen molar-refractivity contribution in [1.82, 2.24) is 9.55 Å². The Hall–Kier alpha value is -2.30. The predicted molar refractivity (Wildman–Crippen MR) is 65.8 cm³/mol. The van der Waals surface area contributed by atoms with Gasteiger partial charge in [0.2, 0.25) is 0 Å². The van der Waals surface area contributed by atoms with Gasteiger partial charge < -0.3 is 14.4 Å². The lowest BCUT2D eigenvalue weighted by atomic mass is 10.3. The van der Waals surface area contributed by atoms with E-state index in [1.54, 1.807) is 4.57 Å². The Morgan fingerprint density at radius 1 is 1.44 bits per heavy atom. The Morgan fingerprint density at radius 3 is 2.78 bits per heavy atom. The molecule has 1 aromatic carbocycles. The van der Waals surface area contributed by atoms with E-state index in [1.807, 2.05) is 37.3 Å². The molecule has 1 atom stereocenters. The Labute approximate surface area is 105 Å². The van der Waals surface area contributed by atoms with Crippen LogP contribution in [0, 0.1) is 0 Å². The van der Waals surface area contributed by atoms with Gasteiger partial charge in [0.25, 0.3) is 0 Å². The van der Waals surface area contributed by atoms with Crippen LogP contribution in [0.4, 0.5) is 0 Å². The first-order valence-corrected chi connectivity index (χ1v) is 5.61. The van der Waals surface area contributed by atoms with Crippen molar-refractivity contribution in [2.75, 3.05) is 6.61 Å². The van der Waals surface area contributed by atoms with E-state index in [0.717, 1.165) is 5.75 Å². The first kappa shape index (κ1) is 12.2. The molecule has 0 fully saturated rings. The molecule has 5 nitrogen and oxygen atoms in total. The standard InChI is InChI=1S/C13H14N2O3/c1-10(8-18-11-5-3-2-4-6-11)15-7-12(13(16)17)14-9-15/h2-7,9-10H,8H2,1H3,(H,16,17). The smallest absolute Gasteiger partial charge is 0.356 e. The fourth-order valence-corrected chi connectivity index (χ4v) is 1.51. The summed E-state index contributed by atoms with van der Waals surface area (Å²) in [6, 6.07) is 9.50. The van der Waals surface area contributed by atoms with Crippen molar-refractivity contribution in [1.29, 1.82) is 0 Å². The van der Waals surface area contributed by atoms with E-state index in [-0.39, 0.29) is 11.7 Å². The minimum Gasteiger partial charge on any atom is -0.491 e. The molecule has 2 rings (SSSR count). The molecule has 0 radical (unpaired) electrons. The summed E-state index contributed by atoms with van der Waals surface area (Å²) in [6.45, 7) is 2.40. The highest BCUT2D eigenvalue weighted by molar-refractivity contribution is 5.84. The molecule has 1 unspecified atom stereocenters. The first-order chi connectivity index (χ1) is 8.66. The summed E-state index contributed by atoms with van der Waals surface area (Å²) in [7, 11) is 0. The summed E-state index contributed by atoms with van der Waals surface area (Å²) in [5, 5.41) is 8.78. The van der Waals surface area contributed by atoms with Gasteiger partial charge in [-0.2, -0.15) is 0 Å². The van der Waals surface area contributed by atoms with Gasteiger partial charge in [-0.05, 0) is 19.1 Å². The van der Waals surface area contributed by atoms with Crippen LogP contribution in [0.3, 0.4) is 0 Å². The monoisotopic (exact) mass is 246 g/mol. The van der Waals surface area contributed by atoms with E-state index in [2.05, 4.69) is 4.98 Å². The van der Waals surface area contributed by atoms with E-state index >= 15 is 0 Å². The molecule has 5 heteroatoms. The molecule has 94 valence electrons. The van der Waals surface area contributed by atoms with Crippen LogP contribution >= 0.6 is 0 Å². The molecule has 0 bridgehead atoms. The Kier molecular flexibility index (Phi) is 3.62. The summed E-state index contributed by atoms with van der Waals surface area (Å²) in [4.78, 5) is 14.5. The minimum atomic E-state index is -1.02. The third kappa shape index (κ3) is 2.88. The van der Waals surface area contributed by atoms with E-state index < -0.39 is 5.97 Å². The van der Waals surface area contributed by atoms with Crippen LogP contribution in [0.5, 0.6) is 5.75 Å². The normalized spacial score (nSPS) is 12.1. The highest BCUT2D eigenvalue weighted by Crippen LogP contribution is 2.13. The molecule has 1 aromatic heterocycles. The van der Waals surface area contributed by atoms with Gasteiger partial charge >= 0.3 is 5.97 Å².